The van der Waals surface area contributed by atoms with Crippen LogP contribution >= 0.6 is 24.0 Å². The molecule has 1 heterocycles. The van der Waals surface area contributed by atoms with Crippen molar-refractivity contribution in [1.29, 1.82) is 0 Å². The average Bonchev–Trinajstić information content (AvgIpc) is 2.84. The molecule has 1 spiro atoms. The molecule has 22 heavy (non-hydrogen) atoms. The van der Waals surface area contributed by atoms with E-state index in [9.17, 15) is 0 Å². The van der Waals surface area contributed by atoms with Gasteiger partial charge >= 0.3 is 0 Å². The molecule has 0 bridgehead atoms. The molecule has 0 aromatic heterocycles. The van der Waals surface area contributed by atoms with E-state index in [-0.39, 0.29) is 18.0 Å². The van der Waals surface area contributed by atoms with Gasteiger partial charge in [-0.05, 0) is 56.1 Å². The summed E-state index contributed by atoms with van der Waals surface area (Å²) in [7, 11) is 0. The minimum atomic E-state index is 0. The largest absolute Gasteiger partial charge is 0.486 e. The summed E-state index contributed by atoms with van der Waals surface area (Å²) >= 11 is 6.15. The highest BCUT2D eigenvalue weighted by molar-refractivity contribution is 6.30. The summed E-state index contributed by atoms with van der Waals surface area (Å²) in [4.78, 5) is 2.54. The van der Waals surface area contributed by atoms with E-state index in [1.54, 1.807) is 0 Å². The fourth-order valence-electron chi connectivity index (χ4n) is 4.06. The van der Waals surface area contributed by atoms with E-state index in [0.29, 0.717) is 5.92 Å². The molecule has 1 aromatic rings. The van der Waals surface area contributed by atoms with Gasteiger partial charge in [0.2, 0.25) is 0 Å². The molecular weight excluding hydrogens is 317 g/mol. The first kappa shape index (κ1) is 17.9. The summed E-state index contributed by atoms with van der Waals surface area (Å²) < 4.78 is 6.51. The molecule has 4 heteroatoms. The van der Waals surface area contributed by atoms with Crippen molar-refractivity contribution in [3.05, 3.63) is 28.8 Å². The highest BCUT2D eigenvalue weighted by Gasteiger charge is 2.47. The van der Waals surface area contributed by atoms with E-state index in [4.69, 9.17) is 16.3 Å². The summed E-state index contributed by atoms with van der Waals surface area (Å²) in [6.45, 7) is 7.92. The zero-order chi connectivity index (χ0) is 14.9. The summed E-state index contributed by atoms with van der Waals surface area (Å²) in [5.74, 6) is 1.70. The molecule has 1 aliphatic carbocycles. The number of rotatable bonds is 4. The van der Waals surface area contributed by atoms with Gasteiger partial charge in [0.25, 0.3) is 0 Å². The van der Waals surface area contributed by atoms with Crippen LogP contribution in [0, 0.1) is 5.92 Å². The average molecular weight is 344 g/mol. The molecule has 0 N–H and O–H groups in total. The van der Waals surface area contributed by atoms with Crippen molar-refractivity contribution >= 4 is 24.0 Å². The van der Waals surface area contributed by atoms with Crippen LogP contribution in [0.15, 0.2) is 18.2 Å². The Hall–Kier alpha value is -0.440. The highest BCUT2D eigenvalue weighted by Crippen LogP contribution is 2.47. The third kappa shape index (κ3) is 3.39. The molecule has 1 aliphatic heterocycles. The molecule has 1 aromatic carbocycles. The standard InChI is InChI=1S/C18H26ClNO.ClH/c1-3-20(4-2)13-15-7-5-6-10-18(15)12-14-11-16(19)8-9-17(14)21-18;/h8-9,11,15H,3-7,10,12-13H2,1-2H3;1H/t15-,18+;/m1./s1. The lowest BCUT2D eigenvalue weighted by Gasteiger charge is -2.42. The lowest BCUT2D eigenvalue weighted by Crippen LogP contribution is -2.49. The van der Waals surface area contributed by atoms with Gasteiger partial charge in [-0.15, -0.1) is 12.4 Å². The van der Waals surface area contributed by atoms with Crippen LogP contribution in [-0.4, -0.2) is 30.1 Å². The Kier molecular flexibility index (Phi) is 6.04. The zero-order valence-corrected chi connectivity index (χ0v) is 15.2. The van der Waals surface area contributed by atoms with E-state index in [2.05, 4.69) is 30.9 Å². The maximum Gasteiger partial charge on any atom is 0.123 e. The van der Waals surface area contributed by atoms with Gasteiger partial charge in [0.05, 0.1) is 0 Å². The van der Waals surface area contributed by atoms with Crippen molar-refractivity contribution in [2.24, 2.45) is 5.92 Å². The quantitative estimate of drug-likeness (QED) is 0.765. The molecule has 0 radical (unpaired) electrons. The van der Waals surface area contributed by atoms with Crippen LogP contribution in [0.4, 0.5) is 0 Å². The number of halogens is 2. The Bertz CT molecular complexity index is 504. The van der Waals surface area contributed by atoms with Gasteiger partial charge in [-0.3, -0.25) is 0 Å². The van der Waals surface area contributed by atoms with Crippen molar-refractivity contribution in [3.63, 3.8) is 0 Å². The number of benzene rings is 1. The fourth-order valence-corrected chi connectivity index (χ4v) is 4.26. The Morgan fingerprint density at radius 2 is 2.05 bits per heavy atom. The van der Waals surface area contributed by atoms with Crippen LogP contribution in [0.25, 0.3) is 0 Å². The molecule has 0 amide bonds. The third-order valence-corrected chi connectivity index (χ3v) is 5.58. The topological polar surface area (TPSA) is 12.5 Å². The van der Waals surface area contributed by atoms with Gasteiger partial charge in [0.15, 0.2) is 0 Å². The van der Waals surface area contributed by atoms with E-state index in [0.717, 1.165) is 36.8 Å². The van der Waals surface area contributed by atoms with E-state index in [1.807, 2.05) is 6.07 Å². The summed E-state index contributed by atoms with van der Waals surface area (Å²) in [5, 5.41) is 0.825. The van der Waals surface area contributed by atoms with Crippen LogP contribution in [0.3, 0.4) is 0 Å². The lowest BCUT2D eigenvalue weighted by atomic mass is 9.73. The van der Waals surface area contributed by atoms with E-state index < -0.39 is 0 Å². The van der Waals surface area contributed by atoms with Crippen LogP contribution in [0.5, 0.6) is 5.75 Å². The van der Waals surface area contributed by atoms with Crippen LogP contribution in [-0.2, 0) is 6.42 Å². The van der Waals surface area contributed by atoms with Gasteiger partial charge in [0, 0.05) is 23.9 Å². The highest BCUT2D eigenvalue weighted by atomic mass is 35.5. The summed E-state index contributed by atoms with van der Waals surface area (Å²) in [6.07, 6.45) is 6.14. The molecule has 1 saturated carbocycles. The maximum atomic E-state index is 6.51. The molecule has 3 rings (SSSR count). The minimum absolute atomic E-state index is 0. The Morgan fingerprint density at radius 1 is 1.27 bits per heavy atom. The second-order valence-corrected chi connectivity index (χ2v) is 6.96. The second-order valence-electron chi connectivity index (χ2n) is 6.52. The molecule has 124 valence electrons. The van der Waals surface area contributed by atoms with Crippen molar-refractivity contribution in [3.8, 4) is 5.75 Å². The fraction of sp³-hybridized carbons (Fsp3) is 0.667. The van der Waals surface area contributed by atoms with Crippen LogP contribution in [0.2, 0.25) is 5.02 Å². The number of nitrogens with zero attached hydrogens (tertiary/aromatic N) is 1. The van der Waals surface area contributed by atoms with Gasteiger partial charge in [0.1, 0.15) is 11.4 Å². The molecule has 2 atom stereocenters. The molecule has 2 nitrogen and oxygen atoms in total. The van der Waals surface area contributed by atoms with Crippen LogP contribution < -0.4 is 4.74 Å². The predicted molar refractivity (Wildman–Crippen MR) is 95.5 cm³/mol. The predicted octanol–water partition coefficient (Wildman–Crippen LogP) is 4.97. The van der Waals surface area contributed by atoms with Crippen molar-refractivity contribution in [2.75, 3.05) is 19.6 Å². The first-order valence-corrected chi connectivity index (χ1v) is 8.74. The zero-order valence-electron chi connectivity index (χ0n) is 13.6. The molecule has 2 aliphatic rings. The van der Waals surface area contributed by atoms with E-state index >= 15 is 0 Å². The smallest absolute Gasteiger partial charge is 0.123 e. The SMILES string of the molecule is CCN(CC)C[C@H]1CCCC[C@]12Cc1cc(Cl)ccc1O2.Cl. The Labute approximate surface area is 145 Å². The van der Waals surface area contributed by atoms with Crippen molar-refractivity contribution < 1.29 is 4.74 Å². The molecule has 1 fully saturated rings. The Morgan fingerprint density at radius 3 is 2.77 bits per heavy atom. The third-order valence-electron chi connectivity index (χ3n) is 5.35. The first-order chi connectivity index (χ1) is 10.2. The lowest BCUT2D eigenvalue weighted by molar-refractivity contribution is -0.0192. The minimum Gasteiger partial charge on any atom is -0.486 e. The molecular formula is C18H27Cl2NO. The molecule has 0 unspecified atom stereocenters. The van der Waals surface area contributed by atoms with Gasteiger partial charge < -0.3 is 9.64 Å². The van der Waals surface area contributed by atoms with Gasteiger partial charge in [-0.25, -0.2) is 0 Å². The maximum absolute atomic E-state index is 6.51. The van der Waals surface area contributed by atoms with E-state index in [1.165, 1.54) is 31.2 Å². The first-order valence-electron chi connectivity index (χ1n) is 8.36. The normalized spacial score (nSPS) is 26.6. The van der Waals surface area contributed by atoms with Gasteiger partial charge in [-0.2, -0.15) is 0 Å². The number of hydrogen-bond donors (Lipinski definition) is 0. The molecule has 0 saturated heterocycles. The number of hydrogen-bond acceptors (Lipinski definition) is 2. The number of fused-ring (bicyclic) bond motifs is 1. The van der Waals surface area contributed by atoms with Crippen molar-refractivity contribution in [2.45, 2.75) is 51.6 Å². The summed E-state index contributed by atoms with van der Waals surface area (Å²) in [5.41, 5.74) is 1.32. The van der Waals surface area contributed by atoms with Gasteiger partial charge in [-0.1, -0.05) is 31.9 Å². The van der Waals surface area contributed by atoms with Crippen molar-refractivity contribution in [1.82, 2.24) is 4.90 Å². The summed E-state index contributed by atoms with van der Waals surface area (Å²) in [6, 6.07) is 6.09. The van der Waals surface area contributed by atoms with Crippen LogP contribution in [0.1, 0.15) is 45.1 Å². The second kappa shape index (κ2) is 7.42. The monoisotopic (exact) mass is 343 g/mol. The Balaban J connectivity index is 0.00000176. The number of ether oxygens (including phenoxy) is 1.